The molecule has 0 bridgehead atoms. The summed E-state index contributed by atoms with van der Waals surface area (Å²) in [6.07, 6.45) is 0. The van der Waals surface area contributed by atoms with Crippen molar-refractivity contribution >= 4 is 47.6 Å². The van der Waals surface area contributed by atoms with Gasteiger partial charge in [-0.15, -0.1) is 0 Å². The molecule has 0 radical (unpaired) electrons. The van der Waals surface area contributed by atoms with E-state index < -0.39 is 15.7 Å². The summed E-state index contributed by atoms with van der Waals surface area (Å²) in [5.74, 6) is -0.0943. The summed E-state index contributed by atoms with van der Waals surface area (Å²) >= 11 is 2.07. The second kappa shape index (κ2) is 5.30. The molecule has 1 aromatic carbocycles. The molecule has 68 valence electrons. The Morgan fingerprint density at radius 1 is 1.38 bits per heavy atom. The molecule has 5 heteroatoms. The van der Waals surface area contributed by atoms with E-state index in [1.807, 2.05) is 0 Å². The van der Waals surface area contributed by atoms with Crippen molar-refractivity contribution in [2.24, 2.45) is 0 Å². The number of halogens is 1. The van der Waals surface area contributed by atoms with E-state index in [-0.39, 0.29) is 11.2 Å². The maximum absolute atomic E-state index is 10.9. The summed E-state index contributed by atoms with van der Waals surface area (Å²) in [6.45, 7) is 0. The molecule has 0 heterocycles. The van der Waals surface area contributed by atoms with E-state index >= 15 is 0 Å². The maximum atomic E-state index is 10.9. The Balaban J connectivity index is 2.69. The SMILES string of the molecule is O=[As]c1ccc(NC(=O)CBr)cc1. The van der Waals surface area contributed by atoms with E-state index in [0.29, 0.717) is 0 Å². The Morgan fingerprint density at radius 2 is 2.00 bits per heavy atom. The van der Waals surface area contributed by atoms with Crippen LogP contribution in [0.25, 0.3) is 0 Å². The molecule has 0 saturated heterocycles. The number of carbonyl (C=O) groups excluding carboxylic acids is 1. The fraction of sp³-hybridized carbons (Fsp3) is 0.125. The monoisotopic (exact) mass is 303 g/mol. The van der Waals surface area contributed by atoms with Crippen LogP contribution in [0.15, 0.2) is 24.3 Å². The van der Waals surface area contributed by atoms with Crippen LogP contribution in [0.1, 0.15) is 0 Å². The van der Waals surface area contributed by atoms with Gasteiger partial charge in [-0.05, 0) is 0 Å². The molecule has 1 aromatic rings. The minimum absolute atomic E-state index is 0.0943. The second-order valence-corrected chi connectivity index (χ2v) is 4.35. The number of hydrogen-bond acceptors (Lipinski definition) is 2. The third-order valence-corrected chi connectivity index (χ3v) is 2.95. The fourth-order valence-electron chi connectivity index (χ4n) is 0.800. The van der Waals surface area contributed by atoms with Gasteiger partial charge in [-0.1, -0.05) is 0 Å². The molecule has 13 heavy (non-hydrogen) atoms. The summed E-state index contributed by atoms with van der Waals surface area (Å²) in [4.78, 5) is 10.9. The van der Waals surface area contributed by atoms with Gasteiger partial charge in [0.15, 0.2) is 0 Å². The quantitative estimate of drug-likeness (QED) is 0.660. The van der Waals surface area contributed by atoms with E-state index in [1.165, 1.54) is 0 Å². The van der Waals surface area contributed by atoms with Crippen molar-refractivity contribution in [3.63, 3.8) is 0 Å². The van der Waals surface area contributed by atoms with Crippen molar-refractivity contribution in [3.05, 3.63) is 24.3 Å². The number of benzene rings is 1. The van der Waals surface area contributed by atoms with Gasteiger partial charge in [-0.2, -0.15) is 0 Å². The Morgan fingerprint density at radius 3 is 2.46 bits per heavy atom. The molecule has 0 atom stereocenters. The number of rotatable bonds is 3. The molecule has 1 rings (SSSR count). The van der Waals surface area contributed by atoms with Crippen LogP contribution in [0.2, 0.25) is 0 Å². The standard InChI is InChI=1S/C8H7AsBrNO2/c10-5-8(12)11-7-3-1-6(9-13)2-4-7/h1-4H,5H2,(H,11,12). The Bertz CT molecular complexity index is 312. The predicted octanol–water partition coefficient (Wildman–Crippen LogP) is 0.695. The molecule has 1 N–H and O–H groups in total. The summed E-state index contributed by atoms with van der Waals surface area (Å²) in [5, 5.41) is 2.95. The number of alkyl halides is 1. The minimum atomic E-state index is -0.972. The van der Waals surface area contributed by atoms with Crippen molar-refractivity contribution in [2.45, 2.75) is 0 Å². The first-order valence-corrected chi connectivity index (χ1v) is 6.38. The van der Waals surface area contributed by atoms with E-state index in [9.17, 15) is 8.53 Å². The van der Waals surface area contributed by atoms with Crippen LogP contribution in [0.4, 0.5) is 5.69 Å². The van der Waals surface area contributed by atoms with Gasteiger partial charge in [-0.3, -0.25) is 0 Å². The number of hydrogen-bond donors (Lipinski definition) is 1. The first kappa shape index (κ1) is 10.6. The molecular formula is C8H7AsBrNO2. The topological polar surface area (TPSA) is 46.2 Å². The van der Waals surface area contributed by atoms with Gasteiger partial charge < -0.3 is 0 Å². The van der Waals surface area contributed by atoms with Gasteiger partial charge in [0.25, 0.3) is 0 Å². The molecular weight excluding hydrogens is 297 g/mol. The fourth-order valence-corrected chi connectivity index (χ4v) is 1.51. The summed E-state index contributed by atoms with van der Waals surface area (Å²) < 4.78 is 11.3. The third-order valence-electron chi connectivity index (χ3n) is 1.38. The van der Waals surface area contributed by atoms with Crippen LogP contribution in [-0.2, 0) is 8.53 Å². The summed E-state index contributed by atoms with van der Waals surface area (Å²) in [6, 6.07) is 6.97. The average Bonchev–Trinajstić information content (AvgIpc) is 2.19. The van der Waals surface area contributed by atoms with Crippen LogP contribution < -0.4 is 9.67 Å². The molecule has 3 nitrogen and oxygen atoms in total. The van der Waals surface area contributed by atoms with E-state index in [4.69, 9.17) is 0 Å². The zero-order chi connectivity index (χ0) is 9.68. The van der Waals surface area contributed by atoms with Gasteiger partial charge >= 0.3 is 91.0 Å². The average molecular weight is 304 g/mol. The van der Waals surface area contributed by atoms with Crippen molar-refractivity contribution in [2.75, 3.05) is 10.6 Å². The van der Waals surface area contributed by atoms with Crippen molar-refractivity contribution < 1.29 is 8.53 Å². The summed E-state index contributed by atoms with van der Waals surface area (Å²) in [5.41, 5.74) is 0.725. The van der Waals surface area contributed by atoms with Crippen molar-refractivity contribution in [3.8, 4) is 0 Å². The zero-order valence-corrected chi connectivity index (χ0v) is 10.1. The van der Waals surface area contributed by atoms with E-state index in [0.717, 1.165) is 10.0 Å². The van der Waals surface area contributed by atoms with Crippen molar-refractivity contribution in [1.29, 1.82) is 0 Å². The number of anilines is 1. The van der Waals surface area contributed by atoms with Crippen LogP contribution >= 0.6 is 15.9 Å². The molecule has 0 aliphatic heterocycles. The van der Waals surface area contributed by atoms with Crippen LogP contribution in [-0.4, -0.2) is 26.9 Å². The van der Waals surface area contributed by atoms with Crippen LogP contribution in [0, 0.1) is 0 Å². The van der Waals surface area contributed by atoms with Crippen LogP contribution in [0.3, 0.4) is 0 Å². The second-order valence-electron chi connectivity index (χ2n) is 2.32. The first-order chi connectivity index (χ1) is 6.26. The van der Waals surface area contributed by atoms with Crippen LogP contribution in [0.5, 0.6) is 0 Å². The van der Waals surface area contributed by atoms with E-state index in [2.05, 4.69) is 21.2 Å². The molecule has 0 fully saturated rings. The summed E-state index contributed by atoms with van der Waals surface area (Å²) in [7, 11) is 0. The molecule has 0 aliphatic rings. The molecule has 0 unspecified atom stereocenters. The predicted molar refractivity (Wildman–Crippen MR) is 54.9 cm³/mol. The Labute approximate surface area is 90.9 Å². The Hall–Kier alpha value is -0.472. The van der Waals surface area contributed by atoms with Gasteiger partial charge in [0, 0.05) is 0 Å². The number of nitrogens with one attached hydrogen (secondary N) is 1. The van der Waals surface area contributed by atoms with E-state index in [1.54, 1.807) is 24.3 Å². The van der Waals surface area contributed by atoms with Gasteiger partial charge in [0.2, 0.25) is 0 Å². The van der Waals surface area contributed by atoms with Crippen molar-refractivity contribution in [1.82, 2.24) is 0 Å². The Kier molecular flexibility index (Phi) is 4.32. The molecule has 0 aromatic heterocycles. The third kappa shape index (κ3) is 3.41. The zero-order valence-electron chi connectivity index (χ0n) is 6.66. The number of carbonyl (C=O) groups is 1. The normalized spacial score (nSPS) is 9.92. The number of amides is 1. The van der Waals surface area contributed by atoms with Gasteiger partial charge in [0.1, 0.15) is 0 Å². The van der Waals surface area contributed by atoms with Gasteiger partial charge in [-0.25, -0.2) is 0 Å². The van der Waals surface area contributed by atoms with Gasteiger partial charge in [0.05, 0.1) is 0 Å². The first-order valence-electron chi connectivity index (χ1n) is 3.55. The molecule has 1 amide bonds. The molecule has 0 saturated carbocycles. The molecule has 0 aliphatic carbocycles. The molecule has 0 spiro atoms.